The van der Waals surface area contributed by atoms with Gasteiger partial charge in [-0.25, -0.2) is 4.79 Å². The standard InChI is InChI=1S/C20H31N3O6/c1-20(2,3)29-19(24)21-8-4-5-11-28-15-16-14-17(23(25)26)6-7-18(16)22-9-12-27-13-10-22/h6-7,14H,4-5,8-13,15H2,1-3H3,(H,21,24). The number of non-ortho nitro benzene ring substituents is 1. The molecule has 1 aliphatic heterocycles. The van der Waals surface area contributed by atoms with Crippen molar-refractivity contribution in [2.75, 3.05) is 44.4 Å². The molecule has 2 rings (SSSR count). The zero-order chi connectivity index (χ0) is 21.3. The van der Waals surface area contributed by atoms with Gasteiger partial charge in [-0.3, -0.25) is 10.1 Å². The molecule has 0 aromatic heterocycles. The molecular weight excluding hydrogens is 378 g/mol. The van der Waals surface area contributed by atoms with Gasteiger partial charge in [-0.15, -0.1) is 0 Å². The number of nitro benzene ring substituents is 1. The van der Waals surface area contributed by atoms with Crippen LogP contribution in [-0.2, 0) is 20.8 Å². The van der Waals surface area contributed by atoms with Crippen molar-refractivity contribution in [3.05, 3.63) is 33.9 Å². The van der Waals surface area contributed by atoms with E-state index in [1.807, 2.05) is 20.8 Å². The van der Waals surface area contributed by atoms with E-state index in [4.69, 9.17) is 14.2 Å². The number of ether oxygens (including phenoxy) is 3. The van der Waals surface area contributed by atoms with Gasteiger partial charge in [0.2, 0.25) is 0 Å². The smallest absolute Gasteiger partial charge is 0.407 e. The van der Waals surface area contributed by atoms with Crippen molar-refractivity contribution in [1.29, 1.82) is 0 Å². The van der Waals surface area contributed by atoms with Gasteiger partial charge in [0.25, 0.3) is 5.69 Å². The molecule has 0 aliphatic carbocycles. The van der Waals surface area contributed by atoms with Crippen molar-refractivity contribution in [3.63, 3.8) is 0 Å². The largest absolute Gasteiger partial charge is 0.444 e. The zero-order valence-electron chi connectivity index (χ0n) is 17.4. The maximum atomic E-state index is 11.6. The van der Waals surface area contributed by atoms with Crippen LogP contribution in [-0.4, -0.2) is 56.1 Å². The van der Waals surface area contributed by atoms with Crippen LogP contribution in [0.15, 0.2) is 18.2 Å². The molecule has 0 unspecified atom stereocenters. The van der Waals surface area contributed by atoms with Crippen molar-refractivity contribution in [3.8, 4) is 0 Å². The molecule has 29 heavy (non-hydrogen) atoms. The molecule has 0 radical (unpaired) electrons. The molecule has 9 nitrogen and oxygen atoms in total. The fraction of sp³-hybridized carbons (Fsp3) is 0.650. The summed E-state index contributed by atoms with van der Waals surface area (Å²) in [7, 11) is 0. The van der Waals surface area contributed by atoms with Gasteiger partial charge in [-0.1, -0.05) is 0 Å². The number of benzene rings is 1. The summed E-state index contributed by atoms with van der Waals surface area (Å²) in [4.78, 5) is 24.5. The number of hydrogen-bond acceptors (Lipinski definition) is 7. The lowest BCUT2D eigenvalue weighted by atomic mass is 10.1. The SMILES string of the molecule is CC(C)(C)OC(=O)NCCCCOCc1cc([N+](=O)[O-])ccc1N1CCOCC1. The number of nitro groups is 1. The third-order valence-corrected chi connectivity index (χ3v) is 4.27. The number of nitrogens with zero attached hydrogens (tertiary/aromatic N) is 2. The molecule has 1 fully saturated rings. The minimum Gasteiger partial charge on any atom is -0.444 e. The molecule has 1 aromatic rings. The Morgan fingerprint density at radius 1 is 1.28 bits per heavy atom. The van der Waals surface area contributed by atoms with Crippen LogP contribution >= 0.6 is 0 Å². The Bertz CT molecular complexity index is 683. The van der Waals surface area contributed by atoms with Crippen molar-refractivity contribution in [1.82, 2.24) is 5.32 Å². The van der Waals surface area contributed by atoms with Gasteiger partial charge in [0.15, 0.2) is 0 Å². The third kappa shape index (κ3) is 8.25. The summed E-state index contributed by atoms with van der Waals surface area (Å²) < 4.78 is 16.3. The highest BCUT2D eigenvalue weighted by Crippen LogP contribution is 2.27. The summed E-state index contributed by atoms with van der Waals surface area (Å²) >= 11 is 0. The van der Waals surface area contributed by atoms with Crippen LogP contribution in [0, 0.1) is 10.1 Å². The molecule has 1 saturated heterocycles. The summed E-state index contributed by atoms with van der Waals surface area (Å²) in [6.07, 6.45) is 1.09. The van der Waals surface area contributed by atoms with Crippen molar-refractivity contribution in [2.45, 2.75) is 45.8 Å². The molecule has 9 heteroatoms. The molecule has 1 aliphatic rings. The third-order valence-electron chi connectivity index (χ3n) is 4.27. The lowest BCUT2D eigenvalue weighted by Crippen LogP contribution is -2.36. The summed E-state index contributed by atoms with van der Waals surface area (Å²) in [5.74, 6) is 0. The Hall–Kier alpha value is -2.39. The van der Waals surface area contributed by atoms with Crippen LogP contribution in [0.2, 0.25) is 0 Å². The lowest BCUT2D eigenvalue weighted by molar-refractivity contribution is -0.384. The van der Waals surface area contributed by atoms with Gasteiger partial charge in [-0.2, -0.15) is 0 Å². The van der Waals surface area contributed by atoms with Crippen LogP contribution in [0.3, 0.4) is 0 Å². The van der Waals surface area contributed by atoms with Gasteiger partial charge < -0.3 is 24.4 Å². The lowest BCUT2D eigenvalue weighted by Gasteiger charge is -2.30. The molecule has 0 saturated carbocycles. The van der Waals surface area contributed by atoms with E-state index in [0.717, 1.165) is 37.2 Å². The number of carbonyl (C=O) groups excluding carboxylic acids is 1. The highest BCUT2D eigenvalue weighted by Gasteiger charge is 2.18. The van der Waals surface area contributed by atoms with E-state index in [1.54, 1.807) is 12.1 Å². The maximum absolute atomic E-state index is 11.6. The Kier molecular flexibility index (Phi) is 8.66. The number of carbonyl (C=O) groups is 1. The zero-order valence-corrected chi connectivity index (χ0v) is 17.4. The molecule has 1 aromatic carbocycles. The molecule has 1 amide bonds. The van der Waals surface area contributed by atoms with E-state index < -0.39 is 16.6 Å². The van der Waals surface area contributed by atoms with Gasteiger partial charge in [-0.05, 0) is 39.7 Å². The van der Waals surface area contributed by atoms with Crippen LogP contribution in [0.25, 0.3) is 0 Å². The molecule has 0 spiro atoms. The van der Waals surface area contributed by atoms with Gasteiger partial charge in [0, 0.05) is 49.6 Å². The quantitative estimate of drug-likeness (QED) is 0.379. The average Bonchev–Trinajstić information content (AvgIpc) is 2.66. The van der Waals surface area contributed by atoms with Crippen LogP contribution < -0.4 is 10.2 Å². The second-order valence-corrected chi connectivity index (χ2v) is 7.86. The predicted molar refractivity (Wildman–Crippen MR) is 109 cm³/mol. The molecular formula is C20H31N3O6. The summed E-state index contributed by atoms with van der Waals surface area (Å²) in [6.45, 7) is 9.55. The Morgan fingerprint density at radius 3 is 2.66 bits per heavy atom. The summed E-state index contributed by atoms with van der Waals surface area (Å²) in [5, 5.41) is 13.8. The van der Waals surface area contributed by atoms with Crippen molar-refractivity contribution < 1.29 is 23.9 Å². The maximum Gasteiger partial charge on any atom is 0.407 e. The number of amides is 1. The van der Waals surface area contributed by atoms with Gasteiger partial charge in [0.05, 0.1) is 24.7 Å². The van der Waals surface area contributed by atoms with Crippen LogP contribution in [0.5, 0.6) is 0 Å². The van der Waals surface area contributed by atoms with Crippen molar-refractivity contribution in [2.24, 2.45) is 0 Å². The molecule has 0 bridgehead atoms. The number of morpholine rings is 1. The first kappa shape index (κ1) is 22.9. The highest BCUT2D eigenvalue weighted by molar-refractivity contribution is 5.67. The normalized spacial score (nSPS) is 14.5. The summed E-state index contributed by atoms with van der Waals surface area (Å²) in [5.41, 5.74) is 1.30. The van der Waals surface area contributed by atoms with E-state index in [-0.39, 0.29) is 5.69 Å². The van der Waals surface area contributed by atoms with E-state index in [1.165, 1.54) is 6.07 Å². The van der Waals surface area contributed by atoms with Gasteiger partial charge >= 0.3 is 6.09 Å². The number of alkyl carbamates (subject to hydrolysis) is 1. The highest BCUT2D eigenvalue weighted by atomic mass is 16.6. The number of hydrogen-bond donors (Lipinski definition) is 1. The topological polar surface area (TPSA) is 103 Å². The van der Waals surface area contributed by atoms with Crippen LogP contribution in [0.1, 0.15) is 39.2 Å². The molecule has 1 heterocycles. The van der Waals surface area contributed by atoms with Gasteiger partial charge in [0.1, 0.15) is 5.60 Å². The van der Waals surface area contributed by atoms with E-state index in [9.17, 15) is 14.9 Å². The second-order valence-electron chi connectivity index (χ2n) is 7.86. The first-order chi connectivity index (χ1) is 13.8. The predicted octanol–water partition coefficient (Wildman–Crippen LogP) is 3.25. The number of rotatable bonds is 9. The van der Waals surface area contributed by atoms with E-state index in [2.05, 4.69) is 10.2 Å². The molecule has 1 N–H and O–H groups in total. The first-order valence-corrected chi connectivity index (χ1v) is 9.91. The average molecular weight is 409 g/mol. The number of nitrogens with one attached hydrogen (secondary N) is 1. The van der Waals surface area contributed by atoms with E-state index in [0.29, 0.717) is 33.0 Å². The Labute approximate surface area is 171 Å². The Morgan fingerprint density at radius 2 is 2.00 bits per heavy atom. The minimum atomic E-state index is -0.510. The fourth-order valence-electron chi connectivity index (χ4n) is 2.93. The fourth-order valence-corrected chi connectivity index (χ4v) is 2.93. The second kappa shape index (κ2) is 11.0. The summed E-state index contributed by atoms with van der Waals surface area (Å²) in [6, 6.07) is 4.89. The first-order valence-electron chi connectivity index (χ1n) is 9.91. The number of anilines is 1. The minimum absolute atomic E-state index is 0.0576. The monoisotopic (exact) mass is 409 g/mol. The van der Waals surface area contributed by atoms with Crippen LogP contribution in [0.4, 0.5) is 16.2 Å². The molecule has 0 atom stereocenters. The number of unbranched alkanes of at least 4 members (excludes halogenated alkanes) is 1. The van der Waals surface area contributed by atoms with E-state index >= 15 is 0 Å². The molecule has 162 valence electrons. The van der Waals surface area contributed by atoms with Crippen molar-refractivity contribution >= 4 is 17.5 Å². The Balaban J connectivity index is 1.78.